The van der Waals surface area contributed by atoms with E-state index < -0.39 is 0 Å². The van der Waals surface area contributed by atoms with Crippen molar-refractivity contribution in [1.29, 1.82) is 0 Å². The first-order valence-corrected chi connectivity index (χ1v) is 11.1. The highest BCUT2D eigenvalue weighted by Crippen LogP contribution is 2.68. The lowest BCUT2D eigenvalue weighted by Gasteiger charge is -2.60. The van der Waals surface area contributed by atoms with Crippen LogP contribution in [0.1, 0.15) is 81.8 Å². The lowest BCUT2D eigenvalue weighted by molar-refractivity contribution is -0.0467. The molecule has 0 aliphatic heterocycles. The average molecular weight is 347 g/mol. The van der Waals surface area contributed by atoms with Crippen molar-refractivity contribution in [3.8, 4) is 0 Å². The zero-order valence-electron chi connectivity index (χ0n) is 18.0. The SMILES string of the molecule is [2H]C1CC[C@@]2(C)C(=C1SCC)C(=C)[C@@H](C)[C@@H]1[C@@H]2CC[C@]2(C)C([2H])CC[C@@H]12. The molecule has 1 heteroatoms. The predicted molar refractivity (Wildman–Crippen MR) is 107 cm³/mol. The summed E-state index contributed by atoms with van der Waals surface area (Å²) in [4.78, 5) is 1.34. The fourth-order valence-corrected chi connectivity index (χ4v) is 8.08. The van der Waals surface area contributed by atoms with Crippen LogP contribution in [0.2, 0.25) is 0 Å². The second kappa shape index (κ2) is 5.93. The van der Waals surface area contributed by atoms with E-state index in [0.29, 0.717) is 17.8 Å². The molecule has 4 aliphatic carbocycles. The van der Waals surface area contributed by atoms with Crippen molar-refractivity contribution in [2.24, 2.45) is 34.5 Å². The van der Waals surface area contributed by atoms with Crippen molar-refractivity contribution in [2.75, 3.05) is 5.75 Å². The number of fused-ring (bicyclic) bond motifs is 5. The van der Waals surface area contributed by atoms with Crippen molar-refractivity contribution >= 4 is 11.8 Å². The van der Waals surface area contributed by atoms with E-state index in [9.17, 15) is 0 Å². The number of allylic oxidation sites excluding steroid dienone is 3. The van der Waals surface area contributed by atoms with Crippen LogP contribution in [0.3, 0.4) is 0 Å². The molecule has 0 aromatic carbocycles. The molecule has 0 amide bonds. The second-order valence-electron chi connectivity index (χ2n) is 9.26. The first-order valence-electron chi connectivity index (χ1n) is 11.3. The third kappa shape index (κ3) is 2.25. The van der Waals surface area contributed by atoms with Gasteiger partial charge in [-0.15, -0.1) is 11.8 Å². The standard InChI is InChI=1S/C23H36S/c1-6-24-19-10-8-13-23(5)18-11-14-22(4)12-7-9-17(22)20(18)15(2)16(3)21(19)23/h15,17-18,20H,3,6-14H2,1-2,4-5H3/t15-,17+,18+,20+,22+,23-/m1/s1/i10D,12D/t10?,12?,15-,17+,18+,20+,22+,23-. The monoisotopic (exact) mass is 346 g/mol. The van der Waals surface area contributed by atoms with Crippen molar-refractivity contribution in [3.63, 3.8) is 0 Å². The number of hydrogen-bond acceptors (Lipinski definition) is 1. The molecule has 0 spiro atoms. The molecule has 24 heavy (non-hydrogen) atoms. The minimum atomic E-state index is -0.0403. The van der Waals surface area contributed by atoms with E-state index in [1.807, 2.05) is 11.8 Å². The largest absolute Gasteiger partial charge is 0.131 e. The Morgan fingerprint density at radius 3 is 2.75 bits per heavy atom. The lowest BCUT2D eigenvalue weighted by atomic mass is 9.44. The van der Waals surface area contributed by atoms with Gasteiger partial charge in [0.05, 0.1) is 0 Å². The van der Waals surface area contributed by atoms with Gasteiger partial charge in [0.2, 0.25) is 0 Å². The summed E-state index contributed by atoms with van der Waals surface area (Å²) in [5, 5.41) is 0. The highest BCUT2D eigenvalue weighted by Gasteiger charge is 2.59. The summed E-state index contributed by atoms with van der Waals surface area (Å²) < 4.78 is 17.3. The summed E-state index contributed by atoms with van der Waals surface area (Å²) in [6.07, 6.45) is 7.11. The van der Waals surface area contributed by atoms with Gasteiger partial charge in [0.1, 0.15) is 0 Å². The van der Waals surface area contributed by atoms with E-state index >= 15 is 0 Å². The summed E-state index contributed by atoms with van der Waals surface area (Å²) in [5.74, 6) is 3.68. The van der Waals surface area contributed by atoms with Crippen LogP contribution in [-0.4, -0.2) is 5.75 Å². The molecule has 3 fully saturated rings. The molecule has 4 aliphatic rings. The van der Waals surface area contributed by atoms with Crippen LogP contribution in [-0.2, 0) is 0 Å². The molecule has 0 aromatic heterocycles. The normalized spacial score (nSPS) is 55.4. The molecule has 0 nitrogen and oxygen atoms in total. The Balaban J connectivity index is 1.81. The number of thioether (sulfide) groups is 1. The second-order valence-corrected chi connectivity index (χ2v) is 10.6. The van der Waals surface area contributed by atoms with Crippen LogP contribution in [0.15, 0.2) is 22.6 Å². The maximum atomic E-state index is 8.66. The Hall–Kier alpha value is -0.170. The third-order valence-electron chi connectivity index (χ3n) is 8.24. The molecule has 134 valence electrons. The molecule has 0 aromatic rings. The van der Waals surface area contributed by atoms with E-state index in [4.69, 9.17) is 2.74 Å². The van der Waals surface area contributed by atoms with Gasteiger partial charge in [0.25, 0.3) is 0 Å². The summed E-state index contributed by atoms with van der Waals surface area (Å²) in [6.45, 7) is 14.2. The van der Waals surface area contributed by atoms with Gasteiger partial charge in [-0.1, -0.05) is 40.7 Å². The highest BCUT2D eigenvalue weighted by molar-refractivity contribution is 8.03. The fourth-order valence-electron chi connectivity index (χ4n) is 7.03. The van der Waals surface area contributed by atoms with Crippen molar-refractivity contribution < 1.29 is 2.74 Å². The molecule has 0 N–H and O–H groups in total. The highest BCUT2D eigenvalue weighted by atomic mass is 32.2. The molecule has 2 unspecified atom stereocenters. The Bertz CT molecular complexity index is 640. The summed E-state index contributed by atoms with van der Waals surface area (Å²) in [7, 11) is 0. The molecule has 0 radical (unpaired) electrons. The van der Waals surface area contributed by atoms with E-state index in [0.717, 1.165) is 30.9 Å². The third-order valence-corrected chi connectivity index (χ3v) is 9.21. The van der Waals surface area contributed by atoms with Gasteiger partial charge in [-0.05, 0) is 101 Å². The van der Waals surface area contributed by atoms with Gasteiger partial charge in [0, 0.05) is 2.74 Å². The van der Waals surface area contributed by atoms with Crippen LogP contribution >= 0.6 is 11.8 Å². The van der Waals surface area contributed by atoms with E-state index in [2.05, 4.69) is 34.3 Å². The van der Waals surface area contributed by atoms with Gasteiger partial charge in [0.15, 0.2) is 0 Å². The van der Waals surface area contributed by atoms with Gasteiger partial charge in [-0.25, -0.2) is 0 Å². The summed E-state index contributed by atoms with van der Waals surface area (Å²) in [6, 6.07) is 0. The molecule has 8 atom stereocenters. The molecule has 0 heterocycles. The maximum Gasteiger partial charge on any atom is 0.0321 e. The zero-order valence-corrected chi connectivity index (χ0v) is 16.8. The Kier molecular flexibility index (Phi) is 3.69. The summed E-state index contributed by atoms with van der Waals surface area (Å²) >= 11 is 1.91. The Morgan fingerprint density at radius 2 is 2.00 bits per heavy atom. The van der Waals surface area contributed by atoms with Crippen LogP contribution in [0.4, 0.5) is 0 Å². The van der Waals surface area contributed by atoms with Gasteiger partial charge >= 0.3 is 0 Å². The molecule has 0 saturated heterocycles. The number of hydrogen-bond donors (Lipinski definition) is 0. The van der Waals surface area contributed by atoms with Crippen LogP contribution in [0, 0.1) is 34.5 Å². The maximum absolute atomic E-state index is 8.66. The van der Waals surface area contributed by atoms with Crippen LogP contribution < -0.4 is 0 Å². The molecule has 3 saturated carbocycles. The van der Waals surface area contributed by atoms with E-state index in [1.165, 1.54) is 35.3 Å². The van der Waals surface area contributed by atoms with Crippen molar-refractivity contribution in [1.82, 2.24) is 0 Å². The average Bonchev–Trinajstić information content (AvgIpc) is 2.91. The Morgan fingerprint density at radius 1 is 1.21 bits per heavy atom. The van der Waals surface area contributed by atoms with E-state index in [1.54, 1.807) is 0 Å². The first kappa shape index (κ1) is 14.9. The minimum absolute atomic E-state index is 0.0403. The predicted octanol–water partition coefficient (Wildman–Crippen LogP) is 7.22. The quantitative estimate of drug-likeness (QED) is 0.508. The van der Waals surface area contributed by atoms with Crippen LogP contribution in [0.25, 0.3) is 0 Å². The van der Waals surface area contributed by atoms with E-state index in [-0.39, 0.29) is 23.6 Å². The molecular weight excluding hydrogens is 308 g/mol. The zero-order chi connectivity index (χ0) is 18.9. The smallest absolute Gasteiger partial charge is 0.0321 e. The molecule has 4 rings (SSSR count). The minimum Gasteiger partial charge on any atom is -0.131 e. The Labute approximate surface area is 156 Å². The van der Waals surface area contributed by atoms with Crippen molar-refractivity contribution in [3.05, 3.63) is 22.6 Å². The topological polar surface area (TPSA) is 0 Å². The van der Waals surface area contributed by atoms with Crippen molar-refractivity contribution in [2.45, 2.75) is 79.0 Å². The van der Waals surface area contributed by atoms with Gasteiger partial charge in [-0.2, -0.15) is 0 Å². The van der Waals surface area contributed by atoms with Gasteiger partial charge < -0.3 is 0 Å². The molecule has 0 bridgehead atoms. The molecular formula is C23H36S. The first-order chi connectivity index (χ1) is 12.3. The number of rotatable bonds is 2. The summed E-state index contributed by atoms with van der Waals surface area (Å²) in [5.41, 5.74) is 3.28. The van der Waals surface area contributed by atoms with Crippen LogP contribution in [0.5, 0.6) is 0 Å². The lowest BCUT2D eigenvalue weighted by Crippen LogP contribution is -2.52. The fraction of sp³-hybridized carbons (Fsp3) is 0.826. The van der Waals surface area contributed by atoms with Gasteiger partial charge in [-0.3, -0.25) is 0 Å².